The van der Waals surface area contributed by atoms with Gasteiger partial charge in [0.25, 0.3) is 0 Å². The van der Waals surface area contributed by atoms with Crippen molar-refractivity contribution in [3.8, 4) is 11.1 Å². The fraction of sp³-hybridized carbons (Fsp3) is 0.250. The van der Waals surface area contributed by atoms with E-state index in [4.69, 9.17) is 4.74 Å². The standard InChI is InChI=1S/C16H14N3OS/c1-3-13(19-5-7-20-8-6-19)4-2-12(1)15-10-21-16-14(15)9-17-11-18-16/h1-4,10-11H,5-8H2. The molecule has 0 aliphatic carbocycles. The Bertz CT molecular complexity index is 748. The highest BCUT2D eigenvalue weighted by Gasteiger charge is 2.12. The lowest BCUT2D eigenvalue weighted by molar-refractivity contribution is 0.122. The number of ether oxygens (including phenoxy) is 1. The predicted octanol–water partition coefficient (Wildman–Crippen LogP) is 3.00. The Morgan fingerprint density at radius 3 is 2.76 bits per heavy atom. The third kappa shape index (κ3) is 2.39. The molecule has 0 atom stereocenters. The average molecular weight is 296 g/mol. The Morgan fingerprint density at radius 1 is 1.14 bits per heavy atom. The molecule has 2 aromatic heterocycles. The molecular weight excluding hydrogens is 282 g/mol. The van der Waals surface area contributed by atoms with E-state index in [0.29, 0.717) is 0 Å². The third-order valence-corrected chi connectivity index (χ3v) is 4.62. The van der Waals surface area contributed by atoms with Crippen LogP contribution in [0, 0.1) is 6.20 Å². The first-order chi connectivity index (χ1) is 10.4. The SMILES string of the molecule is [c]1ncnc2scc(-c3ccc(N4CCOCC4)cc3)c12. The van der Waals surface area contributed by atoms with Gasteiger partial charge in [-0.05, 0) is 17.7 Å². The minimum absolute atomic E-state index is 0.809. The van der Waals surface area contributed by atoms with Crippen LogP contribution in [0.4, 0.5) is 5.69 Å². The number of morpholine rings is 1. The molecule has 1 fully saturated rings. The minimum atomic E-state index is 0.809. The second kappa shape index (κ2) is 5.42. The lowest BCUT2D eigenvalue weighted by atomic mass is 10.1. The summed E-state index contributed by atoms with van der Waals surface area (Å²) in [5.41, 5.74) is 3.59. The Hall–Kier alpha value is -1.98. The molecule has 0 bridgehead atoms. The molecule has 1 aromatic carbocycles. The van der Waals surface area contributed by atoms with Crippen molar-refractivity contribution in [2.24, 2.45) is 0 Å². The van der Waals surface area contributed by atoms with Crippen LogP contribution in [-0.4, -0.2) is 36.3 Å². The van der Waals surface area contributed by atoms with Gasteiger partial charge in [0.1, 0.15) is 17.4 Å². The van der Waals surface area contributed by atoms with Crippen molar-refractivity contribution < 1.29 is 4.74 Å². The normalized spacial score (nSPS) is 15.5. The smallest absolute Gasteiger partial charge is 0.127 e. The largest absolute Gasteiger partial charge is 0.378 e. The highest BCUT2D eigenvalue weighted by molar-refractivity contribution is 7.17. The second-order valence-corrected chi connectivity index (χ2v) is 5.82. The van der Waals surface area contributed by atoms with Gasteiger partial charge in [-0.25, -0.2) is 9.97 Å². The molecule has 3 heterocycles. The van der Waals surface area contributed by atoms with Crippen molar-refractivity contribution in [1.29, 1.82) is 0 Å². The van der Waals surface area contributed by atoms with Crippen LogP contribution in [-0.2, 0) is 4.74 Å². The van der Waals surface area contributed by atoms with Crippen LogP contribution in [0.2, 0.25) is 0 Å². The van der Waals surface area contributed by atoms with Crippen molar-refractivity contribution in [3.05, 3.63) is 42.2 Å². The Labute approximate surface area is 127 Å². The molecule has 21 heavy (non-hydrogen) atoms. The number of fused-ring (bicyclic) bond motifs is 1. The van der Waals surface area contributed by atoms with Gasteiger partial charge in [0.05, 0.1) is 13.2 Å². The van der Waals surface area contributed by atoms with Crippen LogP contribution in [0.25, 0.3) is 21.3 Å². The fourth-order valence-electron chi connectivity index (χ4n) is 2.61. The van der Waals surface area contributed by atoms with Crippen LogP contribution in [0.5, 0.6) is 0 Å². The molecule has 105 valence electrons. The summed E-state index contributed by atoms with van der Waals surface area (Å²) in [4.78, 5) is 11.6. The number of benzene rings is 1. The molecule has 4 nitrogen and oxygen atoms in total. The molecule has 3 aromatic rings. The van der Waals surface area contributed by atoms with Crippen LogP contribution < -0.4 is 4.90 Å². The monoisotopic (exact) mass is 296 g/mol. The summed E-state index contributed by atoms with van der Waals surface area (Å²) in [6.07, 6.45) is 4.59. The van der Waals surface area contributed by atoms with Crippen molar-refractivity contribution in [2.45, 2.75) is 0 Å². The second-order valence-electron chi connectivity index (χ2n) is 4.96. The van der Waals surface area contributed by atoms with Crippen molar-refractivity contribution in [2.75, 3.05) is 31.2 Å². The van der Waals surface area contributed by atoms with Gasteiger partial charge in [0, 0.05) is 35.1 Å². The first-order valence-corrected chi connectivity index (χ1v) is 7.83. The zero-order valence-electron chi connectivity index (χ0n) is 11.5. The topological polar surface area (TPSA) is 38.2 Å². The van der Waals surface area contributed by atoms with Crippen molar-refractivity contribution >= 4 is 27.2 Å². The number of nitrogens with zero attached hydrogens (tertiary/aromatic N) is 3. The van der Waals surface area contributed by atoms with E-state index in [1.165, 1.54) is 11.3 Å². The zero-order valence-corrected chi connectivity index (χ0v) is 12.3. The van der Waals surface area contributed by atoms with Gasteiger partial charge < -0.3 is 9.64 Å². The maximum Gasteiger partial charge on any atom is 0.127 e. The highest BCUT2D eigenvalue weighted by Crippen LogP contribution is 2.32. The Balaban J connectivity index is 1.67. The van der Waals surface area contributed by atoms with Gasteiger partial charge >= 0.3 is 0 Å². The Kier molecular flexibility index (Phi) is 3.29. The summed E-state index contributed by atoms with van der Waals surface area (Å²) in [5, 5.41) is 3.13. The summed E-state index contributed by atoms with van der Waals surface area (Å²) < 4.78 is 5.39. The summed E-state index contributed by atoms with van der Waals surface area (Å²) in [5.74, 6) is 0. The summed E-state index contributed by atoms with van der Waals surface area (Å²) >= 11 is 1.63. The lowest BCUT2D eigenvalue weighted by Gasteiger charge is -2.28. The lowest BCUT2D eigenvalue weighted by Crippen LogP contribution is -2.36. The molecule has 1 aliphatic rings. The zero-order chi connectivity index (χ0) is 14.1. The molecule has 5 heteroatoms. The Morgan fingerprint density at radius 2 is 1.95 bits per heavy atom. The van der Waals surface area contributed by atoms with E-state index in [1.807, 2.05) is 0 Å². The van der Waals surface area contributed by atoms with Gasteiger partial charge in [-0.15, -0.1) is 11.3 Å². The number of rotatable bonds is 2. The number of anilines is 1. The van der Waals surface area contributed by atoms with E-state index < -0.39 is 0 Å². The van der Waals surface area contributed by atoms with Gasteiger partial charge in [-0.2, -0.15) is 0 Å². The van der Waals surface area contributed by atoms with E-state index in [-0.39, 0.29) is 0 Å². The molecular formula is C16H14N3OS. The number of aromatic nitrogens is 2. The molecule has 0 saturated carbocycles. The van der Waals surface area contributed by atoms with Crippen molar-refractivity contribution in [1.82, 2.24) is 9.97 Å². The maximum absolute atomic E-state index is 5.39. The molecule has 0 amide bonds. The van der Waals surface area contributed by atoms with Gasteiger partial charge in [-0.3, -0.25) is 0 Å². The number of hydrogen-bond donors (Lipinski definition) is 0. The average Bonchev–Trinajstić information content (AvgIpc) is 3.00. The van der Waals surface area contributed by atoms with Crippen LogP contribution >= 0.6 is 11.3 Å². The van der Waals surface area contributed by atoms with E-state index in [0.717, 1.165) is 42.1 Å². The van der Waals surface area contributed by atoms with Gasteiger partial charge in [0.2, 0.25) is 0 Å². The molecule has 0 N–H and O–H groups in total. The minimum Gasteiger partial charge on any atom is -0.378 e. The summed E-state index contributed by atoms with van der Waals surface area (Å²) in [6, 6.07) is 8.67. The first-order valence-electron chi connectivity index (χ1n) is 6.95. The molecule has 1 aliphatic heterocycles. The van der Waals surface area contributed by atoms with Gasteiger partial charge in [-0.1, -0.05) is 12.1 Å². The molecule has 0 spiro atoms. The molecule has 1 radical (unpaired) electrons. The van der Waals surface area contributed by atoms with Crippen LogP contribution in [0.3, 0.4) is 0 Å². The maximum atomic E-state index is 5.39. The first kappa shape index (κ1) is 12.7. The number of hydrogen-bond acceptors (Lipinski definition) is 5. The molecule has 0 unspecified atom stereocenters. The fourth-order valence-corrected chi connectivity index (χ4v) is 3.48. The molecule has 1 saturated heterocycles. The van der Waals surface area contributed by atoms with E-state index in [9.17, 15) is 0 Å². The van der Waals surface area contributed by atoms with E-state index in [1.54, 1.807) is 17.7 Å². The van der Waals surface area contributed by atoms with Gasteiger partial charge in [0.15, 0.2) is 0 Å². The van der Waals surface area contributed by atoms with Crippen molar-refractivity contribution in [3.63, 3.8) is 0 Å². The number of thiophene rings is 1. The highest BCUT2D eigenvalue weighted by atomic mass is 32.1. The summed E-state index contributed by atoms with van der Waals surface area (Å²) in [6.45, 7) is 3.54. The quantitative estimate of drug-likeness (QED) is 0.728. The summed E-state index contributed by atoms with van der Waals surface area (Å²) in [7, 11) is 0. The van der Waals surface area contributed by atoms with Crippen LogP contribution in [0.15, 0.2) is 36.0 Å². The molecule has 4 rings (SSSR count). The third-order valence-electron chi connectivity index (χ3n) is 3.74. The van der Waals surface area contributed by atoms with E-state index in [2.05, 4.69) is 50.7 Å². The predicted molar refractivity (Wildman–Crippen MR) is 84.7 cm³/mol. The van der Waals surface area contributed by atoms with E-state index >= 15 is 0 Å². The van der Waals surface area contributed by atoms with Crippen LogP contribution in [0.1, 0.15) is 0 Å².